The molecule has 0 amide bonds. The molecule has 38 heavy (non-hydrogen) atoms. The van der Waals surface area contributed by atoms with E-state index in [4.69, 9.17) is 18.6 Å². The molecule has 3 aromatic rings. The van der Waals surface area contributed by atoms with E-state index in [0.717, 1.165) is 11.6 Å². The van der Waals surface area contributed by atoms with Gasteiger partial charge in [-0.2, -0.15) is 0 Å². The summed E-state index contributed by atoms with van der Waals surface area (Å²) < 4.78 is 22.5. The van der Waals surface area contributed by atoms with Crippen molar-refractivity contribution in [1.29, 1.82) is 0 Å². The van der Waals surface area contributed by atoms with Crippen LogP contribution in [0, 0.1) is 0 Å². The third-order valence-corrected chi connectivity index (χ3v) is 6.43. The van der Waals surface area contributed by atoms with Crippen LogP contribution in [0.5, 0.6) is 23.0 Å². The van der Waals surface area contributed by atoms with E-state index in [1.54, 1.807) is 31.2 Å². The van der Waals surface area contributed by atoms with Crippen LogP contribution in [0.2, 0.25) is 0 Å². The van der Waals surface area contributed by atoms with Gasteiger partial charge in [-0.15, -0.1) is 6.58 Å². The molecule has 0 radical (unpaired) electrons. The molecule has 6 N–H and O–H groups in total. The lowest BCUT2D eigenvalue weighted by Gasteiger charge is -2.39. The fraction of sp³-hybridized carbons (Fsp3) is 0.370. The minimum Gasteiger partial charge on any atom is -0.507 e. The van der Waals surface area contributed by atoms with Crippen molar-refractivity contribution in [3.63, 3.8) is 0 Å². The molecule has 1 aromatic heterocycles. The number of phenols is 1. The Morgan fingerprint density at radius 3 is 2.37 bits per heavy atom. The maximum Gasteiger partial charge on any atom is 0.238 e. The highest BCUT2D eigenvalue weighted by atomic mass is 16.7. The highest BCUT2D eigenvalue weighted by molar-refractivity contribution is 5.91. The third-order valence-electron chi connectivity index (χ3n) is 6.43. The van der Waals surface area contributed by atoms with Gasteiger partial charge < -0.3 is 49.3 Å². The van der Waals surface area contributed by atoms with Gasteiger partial charge in [0, 0.05) is 17.2 Å². The first kappa shape index (κ1) is 27.4. The average Bonchev–Trinajstić information content (AvgIpc) is 2.90. The van der Waals surface area contributed by atoms with Gasteiger partial charge >= 0.3 is 0 Å². The van der Waals surface area contributed by atoms with Gasteiger partial charge in [0.25, 0.3) is 0 Å². The third kappa shape index (κ3) is 5.06. The highest BCUT2D eigenvalue weighted by Crippen LogP contribution is 2.40. The van der Waals surface area contributed by atoms with Crippen LogP contribution in [0.25, 0.3) is 22.3 Å². The Kier molecular flexibility index (Phi) is 7.95. The van der Waals surface area contributed by atoms with Crippen LogP contribution >= 0.6 is 0 Å². The summed E-state index contributed by atoms with van der Waals surface area (Å²) >= 11 is 0. The van der Waals surface area contributed by atoms with Crippen molar-refractivity contribution in [2.45, 2.75) is 50.5 Å². The molecule has 2 aromatic carbocycles. The fourth-order valence-corrected chi connectivity index (χ4v) is 4.27. The van der Waals surface area contributed by atoms with Crippen molar-refractivity contribution < 1.29 is 49.3 Å². The topological polar surface area (TPSA) is 179 Å². The first-order valence-electron chi connectivity index (χ1n) is 11.9. The van der Waals surface area contributed by atoms with Crippen molar-refractivity contribution >= 4 is 11.0 Å². The van der Waals surface area contributed by atoms with Crippen molar-refractivity contribution in [3.05, 3.63) is 58.3 Å². The predicted octanol–water partition coefficient (Wildman–Crippen LogP) is 1.57. The number of aliphatic hydroxyl groups is 4. The number of aryl methyl sites for hydroxylation is 1. The number of ether oxygens (including phenoxy) is 3. The minimum atomic E-state index is -1.71. The SMILES string of the molecule is C=C(C)CCc1c(O[C@@H]2O[C@H](CO)[C@@H](O)[C@H](O)[C@H]2O)cc(O)c2c(=O)c(O)c(-c3ccc(OC)cc3)oc12. The zero-order chi connectivity index (χ0) is 27.7. The predicted molar refractivity (Wildman–Crippen MR) is 135 cm³/mol. The van der Waals surface area contributed by atoms with E-state index in [2.05, 4.69) is 6.58 Å². The molecule has 1 fully saturated rings. The number of benzene rings is 2. The van der Waals surface area contributed by atoms with Crippen molar-refractivity contribution in [1.82, 2.24) is 0 Å². The van der Waals surface area contributed by atoms with Crippen LogP contribution in [-0.2, 0) is 11.2 Å². The second kappa shape index (κ2) is 11.0. The van der Waals surface area contributed by atoms with Gasteiger partial charge in [0.05, 0.1) is 13.7 Å². The molecule has 1 saturated heterocycles. The van der Waals surface area contributed by atoms with Crippen LogP contribution in [0.4, 0.5) is 0 Å². The Hall–Kier alpha value is -3.61. The lowest BCUT2D eigenvalue weighted by molar-refractivity contribution is -0.277. The Morgan fingerprint density at radius 1 is 1.08 bits per heavy atom. The van der Waals surface area contributed by atoms with Gasteiger partial charge in [0.2, 0.25) is 17.5 Å². The highest BCUT2D eigenvalue weighted by Gasteiger charge is 2.45. The maximum atomic E-state index is 13.2. The molecular weight excluding hydrogens is 500 g/mol. The quantitative estimate of drug-likeness (QED) is 0.233. The smallest absolute Gasteiger partial charge is 0.238 e. The number of aliphatic hydroxyl groups excluding tert-OH is 4. The molecule has 204 valence electrons. The van der Waals surface area contributed by atoms with Gasteiger partial charge in [0.15, 0.2) is 5.76 Å². The van der Waals surface area contributed by atoms with Crippen LogP contribution < -0.4 is 14.9 Å². The Labute approximate surface area is 217 Å². The second-order valence-electron chi connectivity index (χ2n) is 9.19. The first-order valence-corrected chi connectivity index (χ1v) is 11.9. The van der Waals surface area contributed by atoms with E-state index in [1.165, 1.54) is 7.11 Å². The summed E-state index contributed by atoms with van der Waals surface area (Å²) in [5.41, 5.74) is 0.518. The summed E-state index contributed by atoms with van der Waals surface area (Å²) in [7, 11) is 1.50. The fourth-order valence-electron chi connectivity index (χ4n) is 4.27. The van der Waals surface area contributed by atoms with Gasteiger partial charge in [-0.25, -0.2) is 0 Å². The van der Waals surface area contributed by atoms with Crippen LogP contribution in [0.1, 0.15) is 18.9 Å². The number of aromatic hydroxyl groups is 2. The molecule has 1 aliphatic heterocycles. The molecule has 0 bridgehead atoms. The van der Waals surface area contributed by atoms with Crippen LogP contribution in [0.15, 0.2) is 51.7 Å². The monoisotopic (exact) mass is 530 g/mol. The lowest BCUT2D eigenvalue weighted by Crippen LogP contribution is -2.60. The van der Waals surface area contributed by atoms with Crippen LogP contribution in [0.3, 0.4) is 0 Å². The van der Waals surface area contributed by atoms with E-state index in [9.17, 15) is 35.4 Å². The first-order chi connectivity index (χ1) is 18.1. The normalized spacial score (nSPS) is 23.4. The standard InChI is InChI=1S/C27H30O11/c1-12(2)4-9-15-17(36-27-24(34)22(32)20(30)18(11-28)37-27)10-16(29)19-21(31)23(33)25(38-26(15)19)13-5-7-14(35-3)8-6-13/h5-8,10,18,20,22,24,27-30,32-34H,1,4,9,11H2,2-3H3/t18-,20-,22+,24-,27-/m1/s1. The van der Waals surface area contributed by atoms with Crippen molar-refractivity contribution in [2.24, 2.45) is 0 Å². The molecule has 1 aliphatic rings. The Morgan fingerprint density at radius 2 is 1.76 bits per heavy atom. The molecule has 0 aliphatic carbocycles. The molecule has 0 unspecified atom stereocenters. The molecule has 2 heterocycles. The molecule has 11 heteroatoms. The zero-order valence-electron chi connectivity index (χ0n) is 20.8. The van der Waals surface area contributed by atoms with Crippen molar-refractivity contribution in [2.75, 3.05) is 13.7 Å². The Balaban J connectivity index is 1.89. The lowest BCUT2D eigenvalue weighted by atomic mass is 9.98. The summed E-state index contributed by atoms with van der Waals surface area (Å²) in [6, 6.07) is 7.53. The number of fused-ring (bicyclic) bond motifs is 1. The summed E-state index contributed by atoms with van der Waals surface area (Å²) in [5, 5.41) is 61.3. The number of allylic oxidation sites excluding steroid dienone is 1. The zero-order valence-corrected chi connectivity index (χ0v) is 20.8. The molecular formula is C27H30O11. The second-order valence-corrected chi connectivity index (χ2v) is 9.19. The number of hydrogen-bond acceptors (Lipinski definition) is 11. The van der Waals surface area contributed by atoms with Crippen molar-refractivity contribution in [3.8, 4) is 34.3 Å². The molecule has 0 spiro atoms. The summed E-state index contributed by atoms with van der Waals surface area (Å²) in [4.78, 5) is 13.2. The minimum absolute atomic E-state index is 0.0462. The van der Waals surface area contributed by atoms with E-state index in [-0.39, 0.29) is 28.9 Å². The number of hydrogen-bond donors (Lipinski definition) is 6. The summed E-state index contributed by atoms with van der Waals surface area (Å²) in [6.07, 6.45) is -7.10. The van der Waals surface area contributed by atoms with E-state index in [0.29, 0.717) is 23.3 Å². The van der Waals surface area contributed by atoms with Crippen LogP contribution in [-0.4, -0.2) is 75.1 Å². The maximum absolute atomic E-state index is 13.2. The molecule has 5 atom stereocenters. The number of rotatable bonds is 8. The molecule has 11 nitrogen and oxygen atoms in total. The van der Waals surface area contributed by atoms with Gasteiger partial charge in [-0.1, -0.05) is 5.57 Å². The number of methoxy groups -OCH3 is 1. The van der Waals surface area contributed by atoms with Gasteiger partial charge in [0.1, 0.15) is 52.6 Å². The van der Waals surface area contributed by atoms with Gasteiger partial charge in [-0.3, -0.25) is 4.79 Å². The summed E-state index contributed by atoms with van der Waals surface area (Å²) in [6.45, 7) is 5.03. The Bertz CT molecular complexity index is 1380. The average molecular weight is 531 g/mol. The molecule has 0 saturated carbocycles. The largest absolute Gasteiger partial charge is 0.507 e. The van der Waals surface area contributed by atoms with Gasteiger partial charge in [-0.05, 0) is 44.0 Å². The van der Waals surface area contributed by atoms with E-state index in [1.807, 2.05) is 0 Å². The van der Waals surface area contributed by atoms with E-state index >= 15 is 0 Å². The molecule has 4 rings (SSSR count). The number of phenolic OH excluding ortho intramolecular Hbond substituents is 1. The van der Waals surface area contributed by atoms with E-state index < -0.39 is 54.2 Å². The summed E-state index contributed by atoms with van der Waals surface area (Å²) in [5.74, 6) is -0.914.